The van der Waals surface area contributed by atoms with Crippen molar-refractivity contribution in [3.8, 4) is 0 Å². The lowest BCUT2D eigenvalue weighted by Crippen LogP contribution is -2.13. The van der Waals surface area contributed by atoms with Crippen LogP contribution < -0.4 is 0 Å². The van der Waals surface area contributed by atoms with Crippen molar-refractivity contribution in [2.75, 3.05) is 0 Å². The van der Waals surface area contributed by atoms with Crippen molar-refractivity contribution in [1.82, 2.24) is 0 Å². The molecule has 0 radical (unpaired) electrons. The Morgan fingerprint density at radius 2 is 1.67 bits per heavy atom. The SMILES string of the molecule is C=CC(=C)CCCC(=O)CCCC1CCC(c2ccccc2)CC1. The molecule has 0 bridgehead atoms. The number of benzene rings is 1. The van der Waals surface area contributed by atoms with Gasteiger partial charge in [0.1, 0.15) is 5.78 Å². The Hall–Kier alpha value is -1.63. The molecular weight excluding hydrogens is 292 g/mol. The van der Waals surface area contributed by atoms with Crippen LogP contribution in [0, 0.1) is 5.92 Å². The van der Waals surface area contributed by atoms with Crippen molar-refractivity contribution in [2.45, 2.75) is 70.1 Å². The number of rotatable bonds is 10. The molecule has 1 aliphatic carbocycles. The fourth-order valence-electron chi connectivity index (χ4n) is 3.84. The molecule has 0 N–H and O–H groups in total. The summed E-state index contributed by atoms with van der Waals surface area (Å²) in [5.74, 6) is 2.00. The van der Waals surface area contributed by atoms with E-state index in [-0.39, 0.29) is 0 Å². The molecule has 1 aliphatic rings. The fourth-order valence-corrected chi connectivity index (χ4v) is 3.84. The summed E-state index contributed by atoms with van der Waals surface area (Å²) in [6.45, 7) is 7.59. The van der Waals surface area contributed by atoms with Gasteiger partial charge in [-0.3, -0.25) is 4.79 Å². The molecule has 2 rings (SSSR count). The van der Waals surface area contributed by atoms with E-state index >= 15 is 0 Å². The average Bonchev–Trinajstić information content (AvgIpc) is 2.63. The predicted molar refractivity (Wildman–Crippen MR) is 103 cm³/mol. The van der Waals surface area contributed by atoms with E-state index in [0.29, 0.717) is 12.2 Å². The molecule has 0 aliphatic heterocycles. The molecule has 1 fully saturated rings. The van der Waals surface area contributed by atoms with Gasteiger partial charge in [-0.15, -0.1) is 0 Å². The van der Waals surface area contributed by atoms with Crippen molar-refractivity contribution in [2.24, 2.45) is 5.92 Å². The molecule has 0 spiro atoms. The minimum atomic E-state index is 0.421. The Labute approximate surface area is 147 Å². The summed E-state index contributed by atoms with van der Waals surface area (Å²) in [6, 6.07) is 10.9. The third-order valence-electron chi connectivity index (χ3n) is 5.43. The molecule has 24 heavy (non-hydrogen) atoms. The number of carbonyl (C=O) groups excluding carboxylic acids is 1. The van der Waals surface area contributed by atoms with E-state index in [4.69, 9.17) is 0 Å². The minimum Gasteiger partial charge on any atom is -0.300 e. The van der Waals surface area contributed by atoms with E-state index in [2.05, 4.69) is 43.5 Å². The van der Waals surface area contributed by atoms with E-state index < -0.39 is 0 Å². The zero-order valence-electron chi connectivity index (χ0n) is 15.0. The first-order valence-corrected chi connectivity index (χ1v) is 9.56. The van der Waals surface area contributed by atoms with Crippen LogP contribution in [0.3, 0.4) is 0 Å². The fraction of sp³-hybridized carbons (Fsp3) is 0.522. The zero-order chi connectivity index (χ0) is 17.2. The molecule has 1 heteroatoms. The lowest BCUT2D eigenvalue weighted by molar-refractivity contribution is -0.119. The summed E-state index contributed by atoms with van der Waals surface area (Å²) in [5, 5.41) is 0. The van der Waals surface area contributed by atoms with Crippen LogP contribution in [0.25, 0.3) is 0 Å². The van der Waals surface area contributed by atoms with Crippen LogP contribution in [-0.2, 0) is 4.79 Å². The molecule has 1 nitrogen and oxygen atoms in total. The second-order valence-corrected chi connectivity index (χ2v) is 7.28. The molecule has 0 amide bonds. The van der Waals surface area contributed by atoms with Crippen molar-refractivity contribution < 1.29 is 4.79 Å². The van der Waals surface area contributed by atoms with Gasteiger partial charge in [0, 0.05) is 12.8 Å². The number of allylic oxidation sites excluding steroid dienone is 2. The highest BCUT2D eigenvalue weighted by molar-refractivity contribution is 5.78. The Kier molecular flexibility index (Phi) is 8.01. The van der Waals surface area contributed by atoms with Crippen LogP contribution in [0.15, 0.2) is 55.1 Å². The average molecular weight is 325 g/mol. The summed E-state index contributed by atoms with van der Waals surface area (Å²) in [4.78, 5) is 11.9. The van der Waals surface area contributed by atoms with Gasteiger partial charge in [0.25, 0.3) is 0 Å². The first-order chi connectivity index (χ1) is 11.7. The Balaban J connectivity index is 1.57. The van der Waals surface area contributed by atoms with Gasteiger partial charge in [-0.2, -0.15) is 0 Å². The van der Waals surface area contributed by atoms with Gasteiger partial charge in [0.2, 0.25) is 0 Å². The molecule has 0 aromatic heterocycles. The van der Waals surface area contributed by atoms with Crippen LogP contribution in [0.2, 0.25) is 0 Å². The maximum absolute atomic E-state index is 11.9. The van der Waals surface area contributed by atoms with E-state index in [1.54, 1.807) is 6.08 Å². The smallest absolute Gasteiger partial charge is 0.132 e. The molecule has 0 atom stereocenters. The van der Waals surface area contributed by atoms with Crippen molar-refractivity contribution >= 4 is 5.78 Å². The Morgan fingerprint density at radius 3 is 2.33 bits per heavy atom. The summed E-state index contributed by atoms with van der Waals surface area (Å²) >= 11 is 0. The predicted octanol–water partition coefficient (Wildman–Crippen LogP) is 6.61. The van der Waals surface area contributed by atoms with E-state index in [1.165, 1.54) is 37.7 Å². The van der Waals surface area contributed by atoms with Gasteiger partial charge in [-0.1, -0.05) is 61.6 Å². The Morgan fingerprint density at radius 1 is 1.00 bits per heavy atom. The summed E-state index contributed by atoms with van der Waals surface area (Å²) in [7, 11) is 0. The van der Waals surface area contributed by atoms with Crippen LogP contribution in [0.5, 0.6) is 0 Å². The normalized spacial score (nSPS) is 20.5. The first-order valence-electron chi connectivity index (χ1n) is 9.56. The van der Waals surface area contributed by atoms with Gasteiger partial charge in [0.15, 0.2) is 0 Å². The number of ketones is 1. The highest BCUT2D eigenvalue weighted by Gasteiger charge is 2.22. The molecule has 0 unspecified atom stereocenters. The van der Waals surface area contributed by atoms with Gasteiger partial charge < -0.3 is 0 Å². The summed E-state index contributed by atoms with van der Waals surface area (Å²) < 4.78 is 0. The zero-order valence-corrected chi connectivity index (χ0v) is 15.0. The standard InChI is InChI=1S/C23H32O/c1-3-19(2)9-7-13-23(24)14-8-10-20-15-17-22(18-16-20)21-11-5-4-6-12-21/h3-6,11-12,20,22H,1-2,7-10,13-18H2. The van der Waals surface area contributed by atoms with Gasteiger partial charge in [-0.05, 0) is 62.3 Å². The van der Waals surface area contributed by atoms with Crippen LogP contribution in [0.1, 0.15) is 75.7 Å². The number of Topliss-reactive ketones (excluding diaryl/α,β-unsaturated/α-hetero) is 1. The van der Waals surface area contributed by atoms with Gasteiger partial charge in [0.05, 0.1) is 0 Å². The molecule has 1 aromatic carbocycles. The third-order valence-corrected chi connectivity index (χ3v) is 5.43. The minimum absolute atomic E-state index is 0.421. The summed E-state index contributed by atoms with van der Waals surface area (Å²) in [6.07, 6.45) is 12.7. The van der Waals surface area contributed by atoms with Crippen molar-refractivity contribution in [3.63, 3.8) is 0 Å². The monoisotopic (exact) mass is 324 g/mol. The first kappa shape index (κ1) is 18.7. The topological polar surface area (TPSA) is 17.1 Å². The van der Waals surface area contributed by atoms with Crippen LogP contribution in [-0.4, -0.2) is 5.78 Å². The molecule has 1 aromatic rings. The highest BCUT2D eigenvalue weighted by Crippen LogP contribution is 2.37. The highest BCUT2D eigenvalue weighted by atomic mass is 16.1. The maximum atomic E-state index is 11.9. The second-order valence-electron chi connectivity index (χ2n) is 7.28. The lowest BCUT2D eigenvalue weighted by Gasteiger charge is -2.28. The Bertz CT molecular complexity index is 520. The van der Waals surface area contributed by atoms with Crippen molar-refractivity contribution in [3.05, 3.63) is 60.7 Å². The van der Waals surface area contributed by atoms with Crippen LogP contribution in [0.4, 0.5) is 0 Å². The maximum Gasteiger partial charge on any atom is 0.132 e. The summed E-state index contributed by atoms with van der Waals surface area (Å²) in [5.41, 5.74) is 2.55. The molecule has 130 valence electrons. The lowest BCUT2D eigenvalue weighted by atomic mass is 9.77. The van der Waals surface area contributed by atoms with Gasteiger partial charge >= 0.3 is 0 Å². The second kappa shape index (κ2) is 10.3. The van der Waals surface area contributed by atoms with Gasteiger partial charge in [-0.25, -0.2) is 0 Å². The van der Waals surface area contributed by atoms with E-state index in [1.807, 2.05) is 0 Å². The molecule has 0 saturated heterocycles. The number of hydrogen-bond donors (Lipinski definition) is 0. The van der Waals surface area contributed by atoms with E-state index in [0.717, 1.165) is 43.1 Å². The number of hydrogen-bond acceptors (Lipinski definition) is 1. The van der Waals surface area contributed by atoms with Crippen LogP contribution >= 0.6 is 0 Å². The third kappa shape index (κ3) is 6.47. The largest absolute Gasteiger partial charge is 0.300 e. The molecule has 0 heterocycles. The van der Waals surface area contributed by atoms with Crippen molar-refractivity contribution in [1.29, 1.82) is 0 Å². The number of carbonyl (C=O) groups is 1. The molecular formula is C23H32O. The van der Waals surface area contributed by atoms with E-state index in [9.17, 15) is 4.79 Å². The quantitative estimate of drug-likeness (QED) is 0.442. The molecule has 1 saturated carbocycles.